The molecule has 0 aliphatic rings. The number of carbonyl (C=O) groups excluding carboxylic acids is 1. The maximum absolute atomic E-state index is 14.3. The zero-order valence-corrected chi connectivity index (χ0v) is 23.1. The number of nitrogens with zero attached hydrogens (tertiary/aromatic N) is 1. The first kappa shape index (κ1) is 26.2. The van der Waals surface area contributed by atoms with Crippen LogP contribution in [0.5, 0.6) is 0 Å². The molecule has 5 heteroatoms. The number of hydrogen-bond donors (Lipinski definition) is 0. The lowest BCUT2D eigenvalue weighted by Crippen LogP contribution is -2.45. The number of amides is 1. The van der Waals surface area contributed by atoms with Crippen molar-refractivity contribution in [1.29, 1.82) is 0 Å². The van der Waals surface area contributed by atoms with Gasteiger partial charge in [-0.2, -0.15) is 0 Å². The lowest BCUT2D eigenvalue weighted by atomic mass is 9.89. The molecule has 0 aliphatic heterocycles. The number of likely N-dealkylation sites (N-methyl/N-ethyl adjacent to an activating group) is 1. The van der Waals surface area contributed by atoms with E-state index >= 15 is 0 Å². The number of benzene rings is 4. The Bertz CT molecular complexity index is 1150. The van der Waals surface area contributed by atoms with Crippen LogP contribution in [-0.2, 0) is 9.32 Å². The van der Waals surface area contributed by atoms with Crippen LogP contribution in [0.3, 0.4) is 0 Å². The Kier molecular flexibility index (Phi) is 8.70. The third-order valence-corrected chi connectivity index (χ3v) is 10.2. The molecule has 0 fully saturated rings. The number of rotatable bonds is 8. The van der Waals surface area contributed by atoms with Crippen LogP contribution in [0.15, 0.2) is 121 Å². The predicted octanol–water partition coefficient (Wildman–Crippen LogP) is 5.97. The van der Waals surface area contributed by atoms with E-state index in [9.17, 15) is 4.79 Å². The van der Waals surface area contributed by atoms with Gasteiger partial charge in [0.15, 0.2) is 0 Å². The summed E-state index contributed by atoms with van der Waals surface area (Å²) in [5, 5.41) is 4.46. The SMILES string of the molecule is CN(C(=O)[C@@H](OP(c1ccccc1)c1ccccc1)C(C)(C)C)P(c1ccccc1)c1ccccc1. The summed E-state index contributed by atoms with van der Waals surface area (Å²) in [7, 11) is -0.313. The summed E-state index contributed by atoms with van der Waals surface area (Å²) in [5.41, 5.74) is -0.399. The molecular formula is C31H33NO2P2. The van der Waals surface area contributed by atoms with Gasteiger partial charge in [0.25, 0.3) is 5.91 Å². The highest BCUT2D eigenvalue weighted by molar-refractivity contribution is 7.71. The summed E-state index contributed by atoms with van der Waals surface area (Å²) in [6.45, 7) is 6.25. The molecule has 0 spiro atoms. The van der Waals surface area contributed by atoms with Crippen LogP contribution in [0.2, 0.25) is 0 Å². The molecule has 0 aliphatic carbocycles. The Morgan fingerprint density at radius 1 is 0.639 bits per heavy atom. The van der Waals surface area contributed by atoms with E-state index in [4.69, 9.17) is 4.52 Å². The van der Waals surface area contributed by atoms with Gasteiger partial charge in [0.1, 0.15) is 6.10 Å². The standard InChI is InChI=1S/C31H33NO2P2/c1-31(2,3)29(34-36(27-21-13-7-14-22-27)28-23-15-8-16-24-28)30(33)32(4)35(25-17-9-5-10-18-25)26-19-11-6-12-20-26/h5-24,29H,1-4H3/t29-/m1/s1. The van der Waals surface area contributed by atoms with Crippen LogP contribution < -0.4 is 21.2 Å². The van der Waals surface area contributed by atoms with Crippen molar-refractivity contribution in [2.75, 3.05) is 7.05 Å². The van der Waals surface area contributed by atoms with Crippen molar-refractivity contribution < 1.29 is 9.32 Å². The van der Waals surface area contributed by atoms with Crippen molar-refractivity contribution >= 4 is 43.3 Å². The van der Waals surface area contributed by atoms with E-state index in [1.54, 1.807) is 0 Å². The molecule has 0 saturated heterocycles. The minimum absolute atomic E-state index is 0.000629. The molecule has 4 aromatic carbocycles. The Balaban J connectivity index is 1.72. The highest BCUT2D eigenvalue weighted by atomic mass is 31.1. The van der Waals surface area contributed by atoms with Gasteiger partial charge in [-0.25, -0.2) is 0 Å². The maximum Gasteiger partial charge on any atom is 0.256 e. The lowest BCUT2D eigenvalue weighted by Gasteiger charge is -2.38. The van der Waals surface area contributed by atoms with E-state index in [-0.39, 0.29) is 5.91 Å². The minimum atomic E-state index is -1.18. The van der Waals surface area contributed by atoms with Gasteiger partial charge in [0, 0.05) is 28.3 Å². The Labute approximate surface area is 217 Å². The molecule has 0 unspecified atom stereocenters. The van der Waals surface area contributed by atoms with Gasteiger partial charge in [-0.3, -0.25) is 4.79 Å². The second-order valence-electron chi connectivity index (χ2n) is 9.66. The molecule has 0 aromatic heterocycles. The van der Waals surface area contributed by atoms with Gasteiger partial charge >= 0.3 is 0 Å². The Hall–Kier alpha value is -2.83. The van der Waals surface area contributed by atoms with E-state index in [1.165, 1.54) is 0 Å². The molecule has 4 rings (SSSR count). The fraction of sp³-hybridized carbons (Fsp3) is 0.194. The molecule has 0 radical (unpaired) electrons. The van der Waals surface area contributed by atoms with E-state index in [0.29, 0.717) is 0 Å². The van der Waals surface area contributed by atoms with Gasteiger partial charge < -0.3 is 9.19 Å². The average Bonchev–Trinajstić information content (AvgIpc) is 2.90. The normalized spacial score (nSPS) is 12.5. The summed E-state index contributed by atoms with van der Waals surface area (Å²) in [5.74, 6) is 0.000629. The first-order valence-corrected chi connectivity index (χ1v) is 14.7. The molecule has 3 nitrogen and oxygen atoms in total. The summed E-state index contributed by atoms with van der Waals surface area (Å²) in [6, 6.07) is 41.1. The van der Waals surface area contributed by atoms with Gasteiger partial charge in [0.05, 0.1) is 16.2 Å². The first-order valence-electron chi connectivity index (χ1n) is 12.1. The van der Waals surface area contributed by atoms with Crippen LogP contribution in [0, 0.1) is 5.41 Å². The van der Waals surface area contributed by atoms with Crippen LogP contribution >= 0.6 is 16.2 Å². The van der Waals surface area contributed by atoms with E-state index < -0.39 is 27.7 Å². The number of hydrogen-bond acceptors (Lipinski definition) is 2. The smallest absolute Gasteiger partial charge is 0.256 e. The van der Waals surface area contributed by atoms with Gasteiger partial charge in [0.2, 0.25) is 0 Å². The lowest BCUT2D eigenvalue weighted by molar-refractivity contribution is -0.136. The molecule has 1 atom stereocenters. The molecule has 0 N–H and O–H groups in total. The molecule has 0 bridgehead atoms. The van der Waals surface area contributed by atoms with Gasteiger partial charge in [-0.15, -0.1) is 0 Å². The van der Waals surface area contributed by atoms with Crippen molar-refractivity contribution in [2.45, 2.75) is 26.9 Å². The predicted molar refractivity (Wildman–Crippen MR) is 155 cm³/mol. The summed E-state index contributed by atoms with van der Waals surface area (Å²) in [4.78, 5) is 14.3. The van der Waals surface area contributed by atoms with Crippen molar-refractivity contribution in [1.82, 2.24) is 4.67 Å². The van der Waals surface area contributed by atoms with Gasteiger partial charge in [-0.05, 0) is 5.41 Å². The third-order valence-electron chi connectivity index (χ3n) is 5.82. The summed E-state index contributed by atoms with van der Waals surface area (Å²) < 4.78 is 8.79. The topological polar surface area (TPSA) is 29.5 Å². The van der Waals surface area contributed by atoms with E-state index in [1.807, 2.05) is 84.5 Å². The quantitative estimate of drug-likeness (QED) is 0.272. The average molecular weight is 514 g/mol. The molecule has 184 valence electrons. The zero-order valence-electron chi connectivity index (χ0n) is 21.3. The second kappa shape index (κ2) is 11.9. The Morgan fingerprint density at radius 2 is 0.972 bits per heavy atom. The molecule has 0 heterocycles. The highest BCUT2D eigenvalue weighted by Gasteiger charge is 2.39. The fourth-order valence-electron chi connectivity index (χ4n) is 3.98. The van der Waals surface area contributed by atoms with Crippen molar-refractivity contribution in [3.8, 4) is 0 Å². The molecule has 0 saturated carbocycles. The first-order chi connectivity index (χ1) is 17.4. The largest absolute Gasteiger partial charge is 0.336 e. The highest BCUT2D eigenvalue weighted by Crippen LogP contribution is 2.44. The fourth-order valence-corrected chi connectivity index (χ4v) is 8.23. The molecule has 4 aromatic rings. The minimum Gasteiger partial charge on any atom is -0.336 e. The number of carbonyl (C=O) groups is 1. The van der Waals surface area contributed by atoms with Crippen LogP contribution in [0.1, 0.15) is 20.8 Å². The molecular weight excluding hydrogens is 480 g/mol. The van der Waals surface area contributed by atoms with Crippen molar-refractivity contribution in [3.05, 3.63) is 121 Å². The second-order valence-corrected chi connectivity index (χ2v) is 13.8. The van der Waals surface area contributed by atoms with Crippen LogP contribution in [0.4, 0.5) is 0 Å². The van der Waals surface area contributed by atoms with E-state index in [0.717, 1.165) is 21.2 Å². The van der Waals surface area contributed by atoms with Crippen LogP contribution in [0.25, 0.3) is 0 Å². The Morgan fingerprint density at radius 3 is 1.31 bits per heavy atom. The summed E-state index contributed by atoms with van der Waals surface area (Å²) in [6.07, 6.45) is -0.619. The summed E-state index contributed by atoms with van der Waals surface area (Å²) >= 11 is 0. The molecule has 36 heavy (non-hydrogen) atoms. The van der Waals surface area contributed by atoms with Gasteiger partial charge in [-0.1, -0.05) is 142 Å². The molecule has 1 amide bonds. The zero-order chi connectivity index (χ0) is 25.5. The monoisotopic (exact) mass is 513 g/mol. The van der Waals surface area contributed by atoms with Crippen molar-refractivity contribution in [2.24, 2.45) is 5.41 Å². The van der Waals surface area contributed by atoms with E-state index in [2.05, 4.69) is 69.3 Å². The van der Waals surface area contributed by atoms with Crippen LogP contribution in [-0.4, -0.2) is 23.7 Å². The maximum atomic E-state index is 14.3. The van der Waals surface area contributed by atoms with Crippen molar-refractivity contribution in [3.63, 3.8) is 0 Å². The third kappa shape index (κ3) is 6.29.